The van der Waals surface area contributed by atoms with Gasteiger partial charge in [0.05, 0.1) is 18.7 Å². The molecule has 24 heavy (non-hydrogen) atoms. The molecule has 0 radical (unpaired) electrons. The molecule has 0 aliphatic carbocycles. The number of hydrazone groups is 1. The number of methoxy groups -OCH3 is 1. The fourth-order valence-electron chi connectivity index (χ4n) is 2.28. The van der Waals surface area contributed by atoms with Gasteiger partial charge in [-0.1, -0.05) is 12.6 Å². The molecular formula is C19H25N3O2. The van der Waals surface area contributed by atoms with Crippen molar-refractivity contribution in [3.8, 4) is 5.75 Å². The minimum Gasteiger partial charge on any atom is -0.497 e. The average molecular weight is 327 g/mol. The minimum absolute atomic E-state index is 0.0961. The van der Waals surface area contributed by atoms with E-state index >= 15 is 0 Å². The summed E-state index contributed by atoms with van der Waals surface area (Å²) in [6, 6.07) is 5.69. The van der Waals surface area contributed by atoms with E-state index in [2.05, 4.69) is 23.4 Å². The molecule has 0 aliphatic heterocycles. The van der Waals surface area contributed by atoms with Gasteiger partial charge in [0.2, 0.25) is 5.91 Å². The molecule has 0 fully saturated rings. The van der Waals surface area contributed by atoms with Gasteiger partial charge in [-0.25, -0.2) is 5.01 Å². The second-order valence-electron chi connectivity index (χ2n) is 5.52. The van der Waals surface area contributed by atoms with Crippen LogP contribution in [0.3, 0.4) is 0 Å². The fourth-order valence-corrected chi connectivity index (χ4v) is 2.28. The van der Waals surface area contributed by atoms with Gasteiger partial charge in [-0.15, -0.1) is 0 Å². The van der Waals surface area contributed by atoms with Crippen LogP contribution in [0.2, 0.25) is 0 Å². The van der Waals surface area contributed by atoms with E-state index in [4.69, 9.17) is 4.74 Å². The first-order chi connectivity index (χ1) is 11.3. The Bertz CT molecular complexity index is 690. The Labute approximate surface area is 144 Å². The molecule has 1 aromatic carbocycles. The van der Waals surface area contributed by atoms with Gasteiger partial charge < -0.3 is 4.74 Å². The van der Waals surface area contributed by atoms with E-state index in [0.717, 1.165) is 16.9 Å². The zero-order chi connectivity index (χ0) is 18.3. The smallest absolute Gasteiger partial charge is 0.249 e. The van der Waals surface area contributed by atoms with Crippen molar-refractivity contribution < 1.29 is 9.53 Å². The monoisotopic (exact) mass is 327 g/mol. The molecule has 0 aliphatic rings. The van der Waals surface area contributed by atoms with Crippen molar-refractivity contribution in [3.05, 3.63) is 53.8 Å². The summed E-state index contributed by atoms with van der Waals surface area (Å²) >= 11 is 0. The predicted octanol–water partition coefficient (Wildman–Crippen LogP) is 3.71. The van der Waals surface area contributed by atoms with Crippen molar-refractivity contribution >= 4 is 18.3 Å². The molecule has 1 atom stereocenters. The van der Waals surface area contributed by atoms with Gasteiger partial charge in [0.25, 0.3) is 0 Å². The number of hydrogen-bond acceptors (Lipinski definition) is 4. The lowest BCUT2D eigenvalue weighted by atomic mass is 9.95. The van der Waals surface area contributed by atoms with Crippen molar-refractivity contribution in [1.82, 2.24) is 5.01 Å². The highest BCUT2D eigenvalue weighted by Gasteiger charge is 2.21. The molecule has 5 heteroatoms. The molecule has 0 heterocycles. The van der Waals surface area contributed by atoms with E-state index in [1.165, 1.54) is 11.2 Å². The van der Waals surface area contributed by atoms with E-state index in [1.54, 1.807) is 27.2 Å². The third-order valence-corrected chi connectivity index (χ3v) is 3.78. The summed E-state index contributed by atoms with van der Waals surface area (Å²) in [6.45, 7) is 12.9. The lowest BCUT2D eigenvalue weighted by Gasteiger charge is -2.20. The Balaban J connectivity index is 2.94. The summed E-state index contributed by atoms with van der Waals surface area (Å²) in [5, 5.41) is 5.65. The highest BCUT2D eigenvalue weighted by Crippen LogP contribution is 2.25. The molecule has 0 N–H and O–H groups in total. The molecule has 1 unspecified atom stereocenters. The molecule has 5 nitrogen and oxygen atoms in total. The number of likely N-dealkylation sites (N-methyl/N-ethyl adjacent to an activating group) is 1. The van der Waals surface area contributed by atoms with Crippen LogP contribution in [-0.4, -0.2) is 37.5 Å². The van der Waals surface area contributed by atoms with Gasteiger partial charge in [-0.2, -0.15) is 5.10 Å². The lowest BCUT2D eigenvalue weighted by molar-refractivity contribution is -0.131. The van der Waals surface area contributed by atoms with Crippen molar-refractivity contribution in [2.24, 2.45) is 10.1 Å². The Hall–Kier alpha value is -2.69. The third kappa shape index (κ3) is 4.91. The number of nitrogens with zero attached hydrogens (tertiary/aromatic N) is 3. The first-order valence-corrected chi connectivity index (χ1v) is 7.60. The second kappa shape index (κ2) is 8.82. The van der Waals surface area contributed by atoms with Gasteiger partial charge in [0.15, 0.2) is 0 Å². The van der Waals surface area contributed by atoms with E-state index < -0.39 is 0 Å². The van der Waals surface area contributed by atoms with Crippen LogP contribution < -0.4 is 4.74 Å². The standard InChI is InChI=1S/C19H25N3O2/c1-13(10-11-20-5)16(4)21-22(6)19(23)15(3)18-9-8-17(24-7)12-14(18)2/h8-12,15H,1,5H2,2-4,6-7H3/b11-10-,21-16+. The van der Waals surface area contributed by atoms with E-state index in [9.17, 15) is 4.79 Å². The van der Waals surface area contributed by atoms with Gasteiger partial charge in [-0.3, -0.25) is 9.79 Å². The normalized spacial score (nSPS) is 12.8. The largest absolute Gasteiger partial charge is 0.497 e. The summed E-state index contributed by atoms with van der Waals surface area (Å²) < 4.78 is 5.20. The SMILES string of the molecule is C=N/C=C\C(=C)/C(C)=N/N(C)C(=O)C(C)c1ccc(OC)cc1C. The Morgan fingerprint density at radius 2 is 2.08 bits per heavy atom. The molecule has 1 rings (SSSR count). The molecule has 0 saturated heterocycles. The molecule has 1 aromatic rings. The summed E-state index contributed by atoms with van der Waals surface area (Å²) in [6.07, 6.45) is 3.23. The van der Waals surface area contributed by atoms with Crippen LogP contribution in [0.4, 0.5) is 0 Å². The van der Waals surface area contributed by atoms with Crippen LogP contribution in [0.15, 0.2) is 52.7 Å². The number of rotatable bonds is 7. The van der Waals surface area contributed by atoms with Gasteiger partial charge in [0.1, 0.15) is 5.75 Å². The van der Waals surface area contributed by atoms with Crippen molar-refractivity contribution in [2.45, 2.75) is 26.7 Å². The van der Waals surface area contributed by atoms with Crippen LogP contribution in [0.25, 0.3) is 0 Å². The van der Waals surface area contributed by atoms with E-state index in [0.29, 0.717) is 11.3 Å². The zero-order valence-electron chi connectivity index (χ0n) is 15.0. The summed E-state index contributed by atoms with van der Waals surface area (Å²) in [4.78, 5) is 16.3. The third-order valence-electron chi connectivity index (χ3n) is 3.78. The number of ether oxygens (including phenoxy) is 1. The van der Waals surface area contributed by atoms with E-state index in [-0.39, 0.29) is 11.8 Å². The van der Waals surface area contributed by atoms with Crippen molar-refractivity contribution in [2.75, 3.05) is 14.2 Å². The molecule has 0 saturated carbocycles. The maximum Gasteiger partial charge on any atom is 0.249 e. The fraction of sp³-hybridized carbons (Fsp3) is 0.316. The van der Waals surface area contributed by atoms with Crippen LogP contribution >= 0.6 is 0 Å². The van der Waals surface area contributed by atoms with Gasteiger partial charge in [-0.05, 0) is 62.4 Å². The predicted molar refractivity (Wildman–Crippen MR) is 99.9 cm³/mol. The van der Waals surface area contributed by atoms with Crippen molar-refractivity contribution in [3.63, 3.8) is 0 Å². The van der Waals surface area contributed by atoms with Crippen molar-refractivity contribution in [1.29, 1.82) is 0 Å². The number of carbonyl (C=O) groups excluding carboxylic acids is 1. The summed E-state index contributed by atoms with van der Waals surface area (Å²) in [5.74, 6) is 0.370. The quantitative estimate of drug-likeness (QED) is 0.435. The number of carbonyl (C=O) groups is 1. The number of aryl methyl sites for hydroxylation is 1. The number of allylic oxidation sites excluding steroid dienone is 2. The molecule has 0 spiro atoms. The molecule has 0 aromatic heterocycles. The van der Waals surface area contributed by atoms with Crippen LogP contribution in [0.5, 0.6) is 5.75 Å². The maximum absolute atomic E-state index is 12.6. The first-order valence-electron chi connectivity index (χ1n) is 7.60. The molecule has 1 amide bonds. The van der Waals surface area contributed by atoms with E-state index in [1.807, 2.05) is 32.0 Å². The summed E-state index contributed by atoms with van der Waals surface area (Å²) in [5.41, 5.74) is 3.28. The topological polar surface area (TPSA) is 54.3 Å². The minimum atomic E-state index is -0.309. The highest BCUT2D eigenvalue weighted by atomic mass is 16.5. The Kier molecular flexibility index (Phi) is 7.11. The number of benzene rings is 1. The van der Waals surface area contributed by atoms with Crippen LogP contribution in [-0.2, 0) is 4.79 Å². The van der Waals surface area contributed by atoms with Gasteiger partial charge >= 0.3 is 0 Å². The van der Waals surface area contributed by atoms with Gasteiger partial charge in [0, 0.05) is 13.2 Å². The van der Waals surface area contributed by atoms with Crippen LogP contribution in [0.1, 0.15) is 30.9 Å². The number of amides is 1. The molecular weight excluding hydrogens is 302 g/mol. The summed E-state index contributed by atoms with van der Waals surface area (Å²) in [7, 11) is 3.27. The first kappa shape index (κ1) is 19.4. The lowest BCUT2D eigenvalue weighted by Crippen LogP contribution is -2.27. The zero-order valence-corrected chi connectivity index (χ0v) is 15.0. The van der Waals surface area contributed by atoms with Crippen LogP contribution in [0, 0.1) is 6.92 Å². The number of aliphatic imine (C=N–C) groups is 1. The molecule has 128 valence electrons. The Morgan fingerprint density at radius 1 is 1.42 bits per heavy atom. The highest BCUT2D eigenvalue weighted by molar-refractivity contribution is 6.00. The number of hydrogen-bond donors (Lipinski definition) is 0. The molecule has 0 bridgehead atoms. The average Bonchev–Trinajstić information content (AvgIpc) is 2.57. The Morgan fingerprint density at radius 3 is 2.62 bits per heavy atom. The second-order valence-corrected chi connectivity index (χ2v) is 5.52. The maximum atomic E-state index is 12.6.